The molecule has 1 aliphatic heterocycles. The zero-order chi connectivity index (χ0) is 27.4. The number of pyridine rings is 1. The van der Waals surface area contributed by atoms with Crippen LogP contribution in [0.3, 0.4) is 0 Å². The number of benzene rings is 2. The molecule has 2 N–H and O–H groups in total. The maximum atomic E-state index is 14.7. The van der Waals surface area contributed by atoms with E-state index < -0.39 is 40.8 Å². The van der Waals surface area contributed by atoms with E-state index in [-0.39, 0.29) is 30.8 Å². The molecular weight excluding hydrogens is 508 g/mol. The van der Waals surface area contributed by atoms with E-state index in [1.165, 1.54) is 7.11 Å². The van der Waals surface area contributed by atoms with Crippen molar-refractivity contribution in [2.75, 3.05) is 33.4 Å². The lowest BCUT2D eigenvalue weighted by Crippen LogP contribution is -2.45. The van der Waals surface area contributed by atoms with Gasteiger partial charge in [0.05, 0.1) is 30.3 Å². The lowest BCUT2D eigenvalue weighted by molar-refractivity contribution is -0.153. The molecule has 0 aliphatic carbocycles. The number of methoxy groups -OCH3 is 1. The van der Waals surface area contributed by atoms with Crippen LogP contribution in [-0.4, -0.2) is 59.4 Å². The number of likely N-dealkylation sites (tertiary alicyclic amines) is 1. The van der Waals surface area contributed by atoms with Crippen LogP contribution >= 0.6 is 0 Å². The summed E-state index contributed by atoms with van der Waals surface area (Å²) in [6.45, 7) is 1.28. The molecule has 1 aromatic heterocycles. The first-order chi connectivity index (χ1) is 18.1. The number of aliphatic hydroxyl groups excluding tert-OH is 1. The van der Waals surface area contributed by atoms with Gasteiger partial charge >= 0.3 is 5.97 Å². The van der Waals surface area contributed by atoms with Crippen LogP contribution in [0.15, 0.2) is 36.5 Å². The third kappa shape index (κ3) is 5.83. The number of carboxylic acids is 1. The number of ether oxygens (including phenoxy) is 2. The zero-order valence-corrected chi connectivity index (χ0v) is 20.7. The van der Waals surface area contributed by atoms with Crippen molar-refractivity contribution < 1.29 is 42.0 Å². The van der Waals surface area contributed by atoms with Gasteiger partial charge in [0.1, 0.15) is 23.9 Å². The first kappa shape index (κ1) is 27.6. The molecule has 0 amide bonds. The zero-order valence-electron chi connectivity index (χ0n) is 20.7. The maximum Gasteiger partial charge on any atom is 0.309 e. The van der Waals surface area contributed by atoms with Gasteiger partial charge in [0, 0.05) is 29.6 Å². The fourth-order valence-corrected chi connectivity index (χ4v) is 4.87. The Morgan fingerprint density at radius 3 is 2.39 bits per heavy atom. The van der Waals surface area contributed by atoms with Crippen molar-refractivity contribution in [3.63, 3.8) is 0 Å². The highest BCUT2D eigenvalue weighted by Crippen LogP contribution is 2.40. The first-order valence-corrected chi connectivity index (χ1v) is 12.2. The Labute approximate surface area is 216 Å². The van der Waals surface area contributed by atoms with E-state index in [1.54, 1.807) is 18.2 Å². The van der Waals surface area contributed by atoms with Gasteiger partial charge in [-0.15, -0.1) is 0 Å². The summed E-state index contributed by atoms with van der Waals surface area (Å²) in [5.74, 6) is -5.58. The molecule has 0 saturated carbocycles. The molecule has 1 fully saturated rings. The Morgan fingerprint density at radius 2 is 1.76 bits per heavy atom. The molecule has 1 aliphatic rings. The summed E-state index contributed by atoms with van der Waals surface area (Å²) in [6, 6.07) is 6.45. The molecule has 2 heterocycles. The van der Waals surface area contributed by atoms with Crippen molar-refractivity contribution in [2.24, 2.45) is 5.41 Å². The molecule has 0 unspecified atom stereocenters. The number of aliphatic carboxylic acids is 1. The van der Waals surface area contributed by atoms with Crippen molar-refractivity contribution in [3.8, 4) is 11.5 Å². The number of carbonyl (C=O) groups is 1. The number of halogens is 4. The maximum absolute atomic E-state index is 14.7. The standard InChI is InChI=1S/C27H28F4N2O5/c1-37-16-2-3-22-18(12-16)24(21(30)15-32-22)23(34)4-5-27(26(35)36)6-8-33(9-7-27)10-11-38-17-13-19(28)25(31)20(29)14-17/h2-3,12-15,23,34H,4-11H2,1H3,(H,35,36)/t23-/m0/s1. The average Bonchev–Trinajstić information content (AvgIpc) is 2.90. The Morgan fingerprint density at radius 1 is 1.08 bits per heavy atom. The average molecular weight is 537 g/mol. The number of nitrogens with zero attached hydrogens (tertiary/aromatic N) is 2. The summed E-state index contributed by atoms with van der Waals surface area (Å²) in [7, 11) is 1.47. The number of piperidine rings is 1. The van der Waals surface area contributed by atoms with E-state index in [9.17, 15) is 32.6 Å². The molecule has 38 heavy (non-hydrogen) atoms. The number of aromatic nitrogens is 1. The Balaban J connectivity index is 1.36. The molecule has 1 atom stereocenters. The van der Waals surface area contributed by atoms with Gasteiger partial charge in [-0.05, 0) is 57.0 Å². The minimum atomic E-state index is -1.57. The molecule has 1 saturated heterocycles. The predicted molar refractivity (Wildman–Crippen MR) is 130 cm³/mol. The fourth-order valence-electron chi connectivity index (χ4n) is 4.87. The van der Waals surface area contributed by atoms with Gasteiger partial charge in [-0.1, -0.05) is 0 Å². The van der Waals surface area contributed by atoms with Gasteiger partial charge in [-0.3, -0.25) is 14.7 Å². The molecule has 7 nitrogen and oxygen atoms in total. The number of hydrogen-bond donors (Lipinski definition) is 2. The van der Waals surface area contributed by atoms with E-state index in [0.717, 1.165) is 18.3 Å². The number of aliphatic hydroxyl groups is 1. The molecule has 3 aromatic rings. The van der Waals surface area contributed by atoms with E-state index >= 15 is 0 Å². The van der Waals surface area contributed by atoms with Crippen LogP contribution in [0.4, 0.5) is 17.6 Å². The molecule has 0 bridgehead atoms. The van der Waals surface area contributed by atoms with E-state index in [1.807, 2.05) is 4.90 Å². The van der Waals surface area contributed by atoms with Crippen molar-refractivity contribution in [1.82, 2.24) is 9.88 Å². The lowest BCUT2D eigenvalue weighted by atomic mass is 9.74. The molecule has 4 rings (SSSR count). The van der Waals surface area contributed by atoms with Crippen LogP contribution < -0.4 is 9.47 Å². The molecule has 0 spiro atoms. The predicted octanol–water partition coefficient (Wildman–Crippen LogP) is 4.86. The first-order valence-electron chi connectivity index (χ1n) is 12.2. The highest BCUT2D eigenvalue weighted by molar-refractivity contribution is 5.84. The number of hydrogen-bond acceptors (Lipinski definition) is 6. The largest absolute Gasteiger partial charge is 0.497 e. The summed E-state index contributed by atoms with van der Waals surface area (Å²) in [6.07, 6.45) is 0.548. The van der Waals surface area contributed by atoms with Crippen LogP contribution in [0, 0.1) is 28.7 Å². The summed E-state index contributed by atoms with van der Waals surface area (Å²) >= 11 is 0. The smallest absolute Gasteiger partial charge is 0.309 e. The fraction of sp³-hybridized carbons (Fsp3) is 0.407. The Kier molecular flexibility index (Phi) is 8.37. The van der Waals surface area contributed by atoms with Crippen molar-refractivity contribution in [3.05, 3.63) is 65.4 Å². The second kappa shape index (κ2) is 11.5. The number of carboxylic acid groups (broad SMARTS) is 1. The van der Waals surface area contributed by atoms with Crippen molar-refractivity contribution in [1.29, 1.82) is 0 Å². The molecule has 2 aromatic carbocycles. The van der Waals surface area contributed by atoms with Crippen LogP contribution in [0.25, 0.3) is 10.9 Å². The molecule has 204 valence electrons. The van der Waals surface area contributed by atoms with Gasteiger partial charge in [-0.25, -0.2) is 17.6 Å². The van der Waals surface area contributed by atoms with Gasteiger partial charge in [0.15, 0.2) is 17.5 Å². The van der Waals surface area contributed by atoms with Gasteiger partial charge in [0.2, 0.25) is 0 Å². The summed E-state index contributed by atoms with van der Waals surface area (Å²) < 4.78 is 65.0. The van der Waals surface area contributed by atoms with Crippen LogP contribution in [0.5, 0.6) is 11.5 Å². The van der Waals surface area contributed by atoms with E-state index in [4.69, 9.17) is 9.47 Å². The Hall–Kier alpha value is -3.44. The van der Waals surface area contributed by atoms with Crippen molar-refractivity contribution >= 4 is 16.9 Å². The van der Waals surface area contributed by atoms with Gasteiger partial charge in [-0.2, -0.15) is 0 Å². The van der Waals surface area contributed by atoms with Gasteiger partial charge in [0.25, 0.3) is 0 Å². The third-order valence-electron chi connectivity index (χ3n) is 7.20. The summed E-state index contributed by atoms with van der Waals surface area (Å²) in [5.41, 5.74) is -0.563. The third-order valence-corrected chi connectivity index (χ3v) is 7.20. The van der Waals surface area contributed by atoms with Crippen LogP contribution in [0.2, 0.25) is 0 Å². The summed E-state index contributed by atoms with van der Waals surface area (Å²) in [4.78, 5) is 18.3. The number of rotatable bonds is 10. The lowest BCUT2D eigenvalue weighted by Gasteiger charge is -2.39. The molecular formula is C27H28F4N2O5. The number of fused-ring (bicyclic) bond motifs is 1. The van der Waals surface area contributed by atoms with Crippen LogP contribution in [-0.2, 0) is 4.79 Å². The van der Waals surface area contributed by atoms with E-state index in [2.05, 4.69) is 4.98 Å². The van der Waals surface area contributed by atoms with Crippen LogP contribution in [0.1, 0.15) is 37.4 Å². The topological polar surface area (TPSA) is 92.1 Å². The second-order valence-corrected chi connectivity index (χ2v) is 9.43. The normalized spacial score (nSPS) is 16.4. The highest BCUT2D eigenvalue weighted by atomic mass is 19.2. The molecule has 0 radical (unpaired) electrons. The second-order valence-electron chi connectivity index (χ2n) is 9.43. The van der Waals surface area contributed by atoms with Gasteiger partial charge < -0.3 is 19.7 Å². The quantitative estimate of drug-likeness (QED) is 0.283. The SMILES string of the molecule is COc1ccc2ncc(F)c([C@@H](O)CCC3(C(=O)O)CCN(CCOc4cc(F)c(F)c(F)c4)CC3)c2c1. The minimum absolute atomic E-state index is 0.0321. The minimum Gasteiger partial charge on any atom is -0.497 e. The van der Waals surface area contributed by atoms with E-state index in [0.29, 0.717) is 49.1 Å². The van der Waals surface area contributed by atoms with Crippen molar-refractivity contribution in [2.45, 2.75) is 31.8 Å². The molecule has 11 heteroatoms. The highest BCUT2D eigenvalue weighted by Gasteiger charge is 2.41. The summed E-state index contributed by atoms with van der Waals surface area (Å²) in [5, 5.41) is 21.3. The monoisotopic (exact) mass is 536 g/mol. The Bertz CT molecular complexity index is 1290.